The molecule has 3 aliphatic rings. The van der Waals surface area contributed by atoms with Crippen molar-refractivity contribution in [3.05, 3.63) is 36.2 Å². The van der Waals surface area contributed by atoms with Crippen LogP contribution in [0, 0.1) is 6.92 Å². The van der Waals surface area contributed by atoms with E-state index in [1.165, 1.54) is 0 Å². The predicted molar refractivity (Wildman–Crippen MR) is 86.1 cm³/mol. The van der Waals surface area contributed by atoms with E-state index in [9.17, 15) is 5.11 Å². The van der Waals surface area contributed by atoms with Crippen LogP contribution in [-0.4, -0.2) is 56.9 Å². The molecule has 122 valence electrons. The Bertz CT molecular complexity index is 669. The van der Waals surface area contributed by atoms with Gasteiger partial charge in [0.05, 0.1) is 18.5 Å². The third-order valence-electron chi connectivity index (χ3n) is 4.44. The lowest BCUT2D eigenvalue weighted by Crippen LogP contribution is -3.10. The van der Waals surface area contributed by atoms with Crippen LogP contribution in [0.1, 0.15) is 18.5 Å². The zero-order valence-corrected chi connectivity index (χ0v) is 13.2. The second-order valence-electron chi connectivity index (χ2n) is 6.19. The summed E-state index contributed by atoms with van der Waals surface area (Å²) in [6.45, 7) is 4.47. The van der Waals surface area contributed by atoms with Crippen LogP contribution in [0.3, 0.4) is 0 Å². The Kier molecular flexibility index (Phi) is 3.64. The molecular weight excluding hydrogens is 294 g/mol. The average Bonchev–Trinajstić information content (AvgIpc) is 3.17. The molecular formula is C15H22N7O+. The van der Waals surface area contributed by atoms with E-state index in [-0.39, 0.29) is 6.10 Å². The molecule has 4 N–H and O–H groups in total. The van der Waals surface area contributed by atoms with Crippen molar-refractivity contribution in [2.45, 2.75) is 25.9 Å². The first kappa shape index (κ1) is 14.4. The lowest BCUT2D eigenvalue weighted by molar-refractivity contribution is -0.700. The summed E-state index contributed by atoms with van der Waals surface area (Å²) < 4.78 is 0. The van der Waals surface area contributed by atoms with E-state index >= 15 is 0 Å². The Morgan fingerprint density at radius 3 is 2.96 bits per heavy atom. The van der Waals surface area contributed by atoms with Crippen LogP contribution < -0.4 is 10.2 Å². The van der Waals surface area contributed by atoms with E-state index in [1.807, 2.05) is 25.4 Å². The summed E-state index contributed by atoms with van der Waals surface area (Å²) in [7, 11) is 0. The average molecular weight is 316 g/mol. The molecule has 1 unspecified atom stereocenters. The van der Waals surface area contributed by atoms with E-state index in [0.29, 0.717) is 0 Å². The maximum absolute atomic E-state index is 9.70. The van der Waals surface area contributed by atoms with Crippen LogP contribution in [-0.2, 0) is 0 Å². The van der Waals surface area contributed by atoms with Crippen molar-refractivity contribution >= 4 is 11.7 Å². The van der Waals surface area contributed by atoms with E-state index in [0.717, 1.165) is 60.5 Å². The molecule has 0 aromatic carbocycles. The fourth-order valence-corrected chi connectivity index (χ4v) is 3.17. The van der Waals surface area contributed by atoms with Gasteiger partial charge in [0.2, 0.25) is 11.7 Å². The monoisotopic (exact) mass is 316 g/mol. The third-order valence-corrected chi connectivity index (χ3v) is 4.44. The van der Waals surface area contributed by atoms with Crippen LogP contribution in [0.25, 0.3) is 0 Å². The lowest BCUT2D eigenvalue weighted by Gasteiger charge is -2.40. The zero-order valence-electron chi connectivity index (χ0n) is 13.2. The fourth-order valence-electron chi connectivity index (χ4n) is 3.17. The molecule has 0 aliphatic carbocycles. The molecule has 1 saturated heterocycles. The number of nitrogens with one attached hydrogen (secondary N) is 3. The maximum Gasteiger partial charge on any atom is 0.234 e. The van der Waals surface area contributed by atoms with Crippen molar-refractivity contribution in [2.75, 3.05) is 25.0 Å². The molecule has 8 heteroatoms. The standard InChI is InChI=1S/C15H21N7O/c1-11-8-13(19-18-11)17-15-10-21(9-14-16-4-7-22(14)15)20-5-2-12(23)3-6-20/h4,7-8,10,12,23H,2-3,5-6,9H2,1H3,(H2,17,18,19)/p+1. The van der Waals surface area contributed by atoms with E-state index < -0.39 is 0 Å². The van der Waals surface area contributed by atoms with Crippen molar-refractivity contribution in [2.24, 2.45) is 4.99 Å². The smallest absolute Gasteiger partial charge is 0.234 e. The summed E-state index contributed by atoms with van der Waals surface area (Å²) in [6.07, 6.45) is 7.45. The number of nitrogens with zero attached hydrogens (tertiary/aromatic N) is 4. The van der Waals surface area contributed by atoms with Crippen molar-refractivity contribution in [3.8, 4) is 0 Å². The number of hydrogen-bond donors (Lipinski definition) is 4. The highest BCUT2D eigenvalue weighted by Crippen LogP contribution is 2.16. The maximum atomic E-state index is 9.70. The van der Waals surface area contributed by atoms with Crippen molar-refractivity contribution < 1.29 is 10.0 Å². The number of aromatic amines is 1. The number of aliphatic imine (C=N–C) groups is 1. The molecule has 3 aliphatic heterocycles. The van der Waals surface area contributed by atoms with Crippen LogP contribution >= 0.6 is 0 Å². The first-order valence-electron chi connectivity index (χ1n) is 8.00. The minimum absolute atomic E-state index is 0.169. The number of aliphatic hydroxyl groups is 1. The van der Waals surface area contributed by atoms with Crippen LogP contribution in [0.2, 0.25) is 0 Å². The van der Waals surface area contributed by atoms with E-state index in [2.05, 4.69) is 36.7 Å². The van der Waals surface area contributed by atoms with Gasteiger partial charge in [-0.15, -0.1) is 0 Å². The van der Waals surface area contributed by atoms with Gasteiger partial charge in [-0.3, -0.25) is 15.4 Å². The highest BCUT2D eigenvalue weighted by molar-refractivity contribution is 5.79. The number of hydrazine groups is 1. The molecule has 0 amide bonds. The number of H-pyrrole nitrogens is 1. The molecule has 8 nitrogen and oxygen atoms in total. The Morgan fingerprint density at radius 1 is 1.39 bits per heavy atom. The van der Waals surface area contributed by atoms with Gasteiger partial charge in [-0.2, -0.15) is 5.10 Å². The quantitative estimate of drug-likeness (QED) is 0.598. The van der Waals surface area contributed by atoms with Gasteiger partial charge in [0.25, 0.3) is 0 Å². The summed E-state index contributed by atoms with van der Waals surface area (Å²) in [5.74, 6) is 2.87. The van der Waals surface area contributed by atoms with Gasteiger partial charge < -0.3 is 5.11 Å². The number of anilines is 1. The van der Waals surface area contributed by atoms with Gasteiger partial charge >= 0.3 is 0 Å². The first-order chi connectivity index (χ1) is 11.2. The first-order valence-corrected chi connectivity index (χ1v) is 8.00. The molecule has 0 radical (unpaired) electrons. The molecule has 1 fully saturated rings. The van der Waals surface area contributed by atoms with Gasteiger partial charge in [0.1, 0.15) is 12.7 Å². The number of rotatable bonds is 3. The largest absolute Gasteiger partial charge is 0.393 e. The number of aryl methyl sites for hydroxylation is 1. The Labute approximate surface area is 134 Å². The normalized spacial score (nSPS) is 25.3. The van der Waals surface area contributed by atoms with Crippen molar-refractivity contribution in [1.29, 1.82) is 0 Å². The van der Waals surface area contributed by atoms with Crippen LogP contribution in [0.15, 0.2) is 35.5 Å². The molecule has 1 aromatic rings. The minimum Gasteiger partial charge on any atom is -0.393 e. The second-order valence-corrected chi connectivity index (χ2v) is 6.19. The molecule has 1 aromatic heterocycles. The Hall–Kier alpha value is -2.16. The predicted octanol–water partition coefficient (Wildman–Crippen LogP) is -0.616. The van der Waals surface area contributed by atoms with Crippen molar-refractivity contribution in [3.63, 3.8) is 0 Å². The zero-order chi connectivity index (χ0) is 15.8. The number of aliphatic hydroxyl groups excluding tert-OH is 1. The van der Waals surface area contributed by atoms with Gasteiger partial charge in [0, 0.05) is 24.8 Å². The topological polar surface area (TPSA) is 84.2 Å². The highest BCUT2D eigenvalue weighted by atomic mass is 16.3. The SMILES string of the molecule is Cc1cc(NC2=CN(N3CCC(O)CC3)CC3=NC=C[NH+]23)n[nH]1. The Balaban J connectivity index is 1.56. The summed E-state index contributed by atoms with van der Waals surface area (Å²) in [4.78, 5) is 5.61. The third kappa shape index (κ3) is 2.88. The number of piperidine rings is 1. The summed E-state index contributed by atoms with van der Waals surface area (Å²) in [5, 5.41) is 24.8. The van der Waals surface area contributed by atoms with Gasteiger partial charge in [-0.1, -0.05) is 0 Å². The van der Waals surface area contributed by atoms with Gasteiger partial charge in [-0.05, 0) is 19.8 Å². The molecule has 1 atom stereocenters. The van der Waals surface area contributed by atoms with Gasteiger partial charge in [-0.25, -0.2) is 14.9 Å². The van der Waals surface area contributed by atoms with E-state index in [4.69, 9.17) is 0 Å². The summed E-state index contributed by atoms with van der Waals surface area (Å²) in [5.41, 5.74) is 1.02. The number of quaternary nitrogens is 1. The molecule has 0 spiro atoms. The van der Waals surface area contributed by atoms with E-state index in [1.54, 1.807) is 0 Å². The van der Waals surface area contributed by atoms with Crippen LogP contribution in [0.4, 0.5) is 5.82 Å². The highest BCUT2D eigenvalue weighted by Gasteiger charge is 2.34. The van der Waals surface area contributed by atoms with Crippen molar-refractivity contribution in [1.82, 2.24) is 20.2 Å². The van der Waals surface area contributed by atoms with Crippen LogP contribution in [0.5, 0.6) is 0 Å². The van der Waals surface area contributed by atoms with Gasteiger partial charge in [0.15, 0.2) is 5.82 Å². The number of fused-ring (bicyclic) bond motifs is 1. The number of aromatic nitrogens is 2. The summed E-state index contributed by atoms with van der Waals surface area (Å²) in [6, 6.07) is 1.98. The number of amidine groups is 1. The molecule has 4 rings (SSSR count). The fraction of sp³-hybridized carbons (Fsp3) is 0.467. The molecule has 4 heterocycles. The number of hydrogen-bond acceptors (Lipinski definition) is 6. The minimum atomic E-state index is -0.169. The molecule has 0 saturated carbocycles. The second kappa shape index (κ2) is 5.80. The molecule has 0 bridgehead atoms. The molecule has 23 heavy (non-hydrogen) atoms. The lowest BCUT2D eigenvalue weighted by atomic mass is 10.1. The summed E-state index contributed by atoms with van der Waals surface area (Å²) >= 11 is 0. The Morgan fingerprint density at radius 2 is 2.22 bits per heavy atom.